The van der Waals surface area contributed by atoms with Crippen molar-refractivity contribution in [3.63, 3.8) is 0 Å². The Kier molecular flexibility index (Phi) is 9.21. The number of para-hydroxylation sites is 3. The molecule has 3 aromatic carbocycles. The molecule has 0 unspecified atom stereocenters. The normalized spacial score (nSPS) is 11.1. The molecule has 1 N–H and O–H groups in total. The molecule has 0 aromatic heterocycles. The monoisotopic (exact) mass is 484 g/mol. The van der Waals surface area contributed by atoms with Crippen LogP contribution in [0.25, 0.3) is 0 Å². The van der Waals surface area contributed by atoms with E-state index in [0.29, 0.717) is 23.7 Å². The van der Waals surface area contributed by atoms with Crippen LogP contribution in [0.15, 0.2) is 84.9 Å². The predicted molar refractivity (Wildman–Crippen MR) is 135 cm³/mol. The number of nitrogens with zero attached hydrogens (tertiary/aromatic N) is 1. The summed E-state index contributed by atoms with van der Waals surface area (Å²) in [7, 11) is -3.71. The average molecular weight is 485 g/mol. The van der Waals surface area contributed by atoms with Crippen LogP contribution in [0.4, 0.5) is 5.69 Å². The highest BCUT2D eigenvalue weighted by Gasteiger charge is 2.24. The van der Waals surface area contributed by atoms with E-state index in [1.165, 1.54) is 5.56 Å². The van der Waals surface area contributed by atoms with Crippen LogP contribution in [0.1, 0.15) is 12.0 Å². The van der Waals surface area contributed by atoms with Gasteiger partial charge in [-0.05, 0) is 42.0 Å². The van der Waals surface area contributed by atoms with Gasteiger partial charge in [-0.2, -0.15) is 11.8 Å². The van der Waals surface area contributed by atoms with Crippen molar-refractivity contribution in [2.24, 2.45) is 0 Å². The first-order chi connectivity index (χ1) is 15.9. The second-order valence-corrected chi connectivity index (χ2v) is 10.4. The molecule has 33 heavy (non-hydrogen) atoms. The van der Waals surface area contributed by atoms with Crippen molar-refractivity contribution < 1.29 is 17.9 Å². The van der Waals surface area contributed by atoms with E-state index in [0.717, 1.165) is 28.5 Å². The number of rotatable bonds is 12. The zero-order valence-corrected chi connectivity index (χ0v) is 20.1. The molecule has 0 atom stereocenters. The Balaban J connectivity index is 1.55. The first-order valence-electron chi connectivity index (χ1n) is 10.6. The maximum Gasteiger partial charge on any atom is 0.240 e. The summed E-state index contributed by atoms with van der Waals surface area (Å²) >= 11 is 1.80. The van der Waals surface area contributed by atoms with E-state index in [1.807, 2.05) is 36.4 Å². The van der Waals surface area contributed by atoms with Gasteiger partial charge in [-0.25, -0.2) is 8.42 Å². The number of ether oxygens (including phenoxy) is 1. The number of carbonyl (C=O) groups excluding carboxylic acids is 1. The minimum absolute atomic E-state index is 0.314. The van der Waals surface area contributed by atoms with Gasteiger partial charge >= 0.3 is 0 Å². The van der Waals surface area contributed by atoms with Crippen LogP contribution in [0.2, 0.25) is 0 Å². The molecule has 8 heteroatoms. The van der Waals surface area contributed by atoms with Crippen LogP contribution in [0, 0.1) is 0 Å². The highest BCUT2D eigenvalue weighted by molar-refractivity contribution is 7.98. The van der Waals surface area contributed by atoms with Crippen molar-refractivity contribution in [2.45, 2.75) is 12.2 Å². The van der Waals surface area contributed by atoms with Gasteiger partial charge in [0.05, 0.1) is 11.9 Å². The quantitative estimate of drug-likeness (QED) is 0.378. The van der Waals surface area contributed by atoms with Crippen molar-refractivity contribution in [1.82, 2.24) is 5.32 Å². The van der Waals surface area contributed by atoms with Gasteiger partial charge < -0.3 is 10.1 Å². The maximum absolute atomic E-state index is 12.5. The molecule has 0 aliphatic carbocycles. The van der Waals surface area contributed by atoms with E-state index in [-0.39, 0.29) is 12.5 Å². The molecule has 1 amide bonds. The second-order valence-electron chi connectivity index (χ2n) is 7.39. The summed E-state index contributed by atoms with van der Waals surface area (Å²) < 4.78 is 32.0. The fourth-order valence-electron chi connectivity index (χ4n) is 3.10. The summed E-state index contributed by atoms with van der Waals surface area (Å²) in [5.41, 5.74) is 1.59. The molecule has 0 saturated heterocycles. The molecular weight excluding hydrogens is 456 g/mol. The Morgan fingerprint density at radius 3 is 2.27 bits per heavy atom. The SMILES string of the molecule is CS(=O)(=O)N(CC(=O)NCCCSCc1ccccc1)c1ccccc1Oc1ccccc1. The Hall–Kier alpha value is -2.97. The van der Waals surface area contributed by atoms with E-state index in [4.69, 9.17) is 4.74 Å². The molecule has 0 fully saturated rings. The lowest BCUT2D eigenvalue weighted by molar-refractivity contribution is -0.119. The number of amides is 1. The second kappa shape index (κ2) is 12.3. The molecule has 3 rings (SSSR count). The third-order valence-electron chi connectivity index (χ3n) is 4.69. The standard InChI is InChI=1S/C25H28N2O4S2/c1-33(29,30)27(23-15-8-9-16-24(23)31-22-13-6-3-7-14-22)19-25(28)26-17-10-18-32-20-21-11-4-2-5-12-21/h2-9,11-16H,10,17-20H2,1H3,(H,26,28). The van der Waals surface area contributed by atoms with Crippen LogP contribution >= 0.6 is 11.8 Å². The Morgan fingerprint density at radius 1 is 0.939 bits per heavy atom. The molecular formula is C25H28N2O4S2. The molecule has 0 radical (unpaired) electrons. The van der Waals surface area contributed by atoms with Crippen LogP contribution in [0.3, 0.4) is 0 Å². The first kappa shape index (κ1) is 24.7. The molecule has 0 bridgehead atoms. The van der Waals surface area contributed by atoms with E-state index in [1.54, 1.807) is 48.2 Å². The van der Waals surface area contributed by atoms with Crippen LogP contribution < -0.4 is 14.4 Å². The molecule has 0 aliphatic heterocycles. The number of carbonyl (C=O) groups is 1. The first-order valence-corrected chi connectivity index (χ1v) is 13.6. The summed E-state index contributed by atoms with van der Waals surface area (Å²) in [4.78, 5) is 12.5. The third-order valence-corrected chi connectivity index (χ3v) is 6.93. The van der Waals surface area contributed by atoms with Crippen molar-refractivity contribution in [3.05, 3.63) is 90.5 Å². The maximum atomic E-state index is 12.5. The predicted octanol–water partition coefficient (Wildman–Crippen LogP) is 4.68. The summed E-state index contributed by atoms with van der Waals surface area (Å²) in [5.74, 6) is 2.41. The van der Waals surface area contributed by atoms with Gasteiger partial charge in [0.15, 0.2) is 5.75 Å². The minimum atomic E-state index is -3.71. The van der Waals surface area contributed by atoms with Gasteiger partial charge in [0.25, 0.3) is 0 Å². The van der Waals surface area contributed by atoms with E-state index in [9.17, 15) is 13.2 Å². The number of hydrogen-bond acceptors (Lipinski definition) is 5. The molecule has 174 valence electrons. The lowest BCUT2D eigenvalue weighted by atomic mass is 10.2. The van der Waals surface area contributed by atoms with Crippen LogP contribution in [-0.2, 0) is 20.6 Å². The Bertz CT molecular complexity index is 1120. The topological polar surface area (TPSA) is 75.7 Å². The number of sulfonamides is 1. The average Bonchev–Trinajstić information content (AvgIpc) is 2.81. The minimum Gasteiger partial charge on any atom is -0.455 e. The lowest BCUT2D eigenvalue weighted by Crippen LogP contribution is -2.40. The number of nitrogens with one attached hydrogen (secondary N) is 1. The highest BCUT2D eigenvalue weighted by Crippen LogP contribution is 2.33. The van der Waals surface area contributed by atoms with Crippen molar-refractivity contribution in [3.8, 4) is 11.5 Å². The summed E-state index contributed by atoms with van der Waals surface area (Å²) in [6.07, 6.45) is 1.88. The molecule has 0 heterocycles. The summed E-state index contributed by atoms with van der Waals surface area (Å²) in [6.45, 7) is 0.172. The summed E-state index contributed by atoms with van der Waals surface area (Å²) in [5, 5.41) is 2.82. The number of hydrogen-bond donors (Lipinski definition) is 1. The van der Waals surface area contributed by atoms with E-state index >= 15 is 0 Å². The van der Waals surface area contributed by atoms with Crippen LogP contribution in [0.5, 0.6) is 11.5 Å². The lowest BCUT2D eigenvalue weighted by Gasteiger charge is -2.24. The molecule has 0 spiro atoms. The fourth-order valence-corrected chi connectivity index (χ4v) is 4.88. The van der Waals surface area contributed by atoms with Crippen molar-refractivity contribution in [2.75, 3.05) is 29.4 Å². The number of anilines is 1. The van der Waals surface area contributed by atoms with Crippen molar-refractivity contribution >= 4 is 33.4 Å². The zero-order valence-electron chi connectivity index (χ0n) is 18.5. The third kappa shape index (κ3) is 8.14. The van der Waals surface area contributed by atoms with Crippen LogP contribution in [-0.4, -0.2) is 39.4 Å². The van der Waals surface area contributed by atoms with Gasteiger partial charge in [0.2, 0.25) is 15.9 Å². The van der Waals surface area contributed by atoms with Gasteiger partial charge in [0, 0.05) is 12.3 Å². The largest absolute Gasteiger partial charge is 0.455 e. The number of benzene rings is 3. The van der Waals surface area contributed by atoms with Gasteiger partial charge in [0.1, 0.15) is 12.3 Å². The van der Waals surface area contributed by atoms with E-state index in [2.05, 4.69) is 17.4 Å². The Labute approximate surface area is 200 Å². The zero-order chi connectivity index (χ0) is 23.5. The Morgan fingerprint density at radius 2 is 1.58 bits per heavy atom. The van der Waals surface area contributed by atoms with Gasteiger partial charge in [-0.3, -0.25) is 9.10 Å². The van der Waals surface area contributed by atoms with E-state index < -0.39 is 10.0 Å². The van der Waals surface area contributed by atoms with Gasteiger partial charge in [-0.15, -0.1) is 0 Å². The molecule has 0 aliphatic rings. The number of thioether (sulfide) groups is 1. The van der Waals surface area contributed by atoms with Gasteiger partial charge in [-0.1, -0.05) is 60.7 Å². The van der Waals surface area contributed by atoms with Crippen molar-refractivity contribution in [1.29, 1.82) is 0 Å². The smallest absolute Gasteiger partial charge is 0.240 e. The molecule has 6 nitrogen and oxygen atoms in total. The highest BCUT2D eigenvalue weighted by atomic mass is 32.2. The molecule has 3 aromatic rings. The summed E-state index contributed by atoms with van der Waals surface area (Å²) in [6, 6.07) is 26.1. The fraction of sp³-hybridized carbons (Fsp3) is 0.240. The molecule has 0 saturated carbocycles.